The number of allylic oxidation sites excluding steroid dienone is 2. The van der Waals surface area contributed by atoms with Crippen molar-refractivity contribution >= 4 is 29.2 Å². The Bertz CT molecular complexity index is 959. The highest BCUT2D eigenvalue weighted by molar-refractivity contribution is 6.30. The Morgan fingerprint density at radius 1 is 1.20 bits per heavy atom. The third kappa shape index (κ3) is 5.26. The number of rotatable bonds is 6. The van der Waals surface area contributed by atoms with Crippen molar-refractivity contribution in [2.24, 2.45) is 17.3 Å². The molecule has 0 bridgehead atoms. The Hall–Kier alpha value is -2.25. The summed E-state index contributed by atoms with van der Waals surface area (Å²) >= 11 is 11.1. The minimum Gasteiger partial charge on any atom is -0.459 e. The third-order valence-electron chi connectivity index (χ3n) is 4.94. The summed E-state index contributed by atoms with van der Waals surface area (Å²) in [5.74, 6) is -1.11. The van der Waals surface area contributed by atoms with E-state index >= 15 is 0 Å². The van der Waals surface area contributed by atoms with Crippen LogP contribution in [0.4, 0.5) is 13.2 Å². The Morgan fingerprint density at radius 2 is 1.87 bits per heavy atom. The van der Waals surface area contributed by atoms with E-state index < -0.39 is 34.4 Å². The van der Waals surface area contributed by atoms with Gasteiger partial charge in [-0.15, -0.1) is 0 Å². The number of benzene rings is 1. The molecule has 2 atom stereocenters. The lowest BCUT2D eigenvalue weighted by atomic mass is 10.1. The maximum Gasteiger partial charge on any atom is 0.426 e. The summed E-state index contributed by atoms with van der Waals surface area (Å²) in [6.07, 6.45) is -3.75. The Morgan fingerprint density at radius 3 is 2.50 bits per heavy atom. The van der Waals surface area contributed by atoms with Crippen molar-refractivity contribution in [3.8, 4) is 11.6 Å². The summed E-state index contributed by atoms with van der Waals surface area (Å²) < 4.78 is 48.9. The first-order valence-electron chi connectivity index (χ1n) is 8.99. The summed E-state index contributed by atoms with van der Waals surface area (Å²) in [7, 11) is 0. The number of nitrogens with zero attached hydrogens (tertiary/aromatic N) is 1. The number of aromatic nitrogens is 1. The first-order chi connectivity index (χ1) is 14.0. The van der Waals surface area contributed by atoms with Crippen LogP contribution in [0.15, 0.2) is 53.6 Å². The number of hydrogen-bond donors (Lipinski definition) is 0. The lowest BCUT2D eigenvalue weighted by Gasteiger charge is -2.08. The van der Waals surface area contributed by atoms with Gasteiger partial charge in [0.15, 0.2) is 0 Å². The molecule has 1 fully saturated rings. The molecule has 160 valence electrons. The molecule has 0 radical (unpaired) electrons. The lowest BCUT2D eigenvalue weighted by Crippen LogP contribution is -2.11. The molecule has 0 N–H and O–H groups in total. The summed E-state index contributed by atoms with van der Waals surface area (Å²) in [6, 6.07) is 11.7. The molecular formula is C21H18Cl2F3NO3. The fraction of sp³-hybridized carbons (Fsp3) is 0.333. The van der Waals surface area contributed by atoms with Gasteiger partial charge in [0, 0.05) is 11.1 Å². The number of hydrogen-bond acceptors (Lipinski definition) is 4. The van der Waals surface area contributed by atoms with Crippen LogP contribution in [0, 0.1) is 17.3 Å². The van der Waals surface area contributed by atoms with Gasteiger partial charge >= 0.3 is 12.1 Å². The maximum atomic E-state index is 12.7. The summed E-state index contributed by atoms with van der Waals surface area (Å²) in [5.41, 5.74) is -0.233. The fourth-order valence-electron chi connectivity index (χ4n) is 3.14. The van der Waals surface area contributed by atoms with E-state index in [-0.39, 0.29) is 6.61 Å². The first kappa shape index (κ1) is 22.4. The van der Waals surface area contributed by atoms with Crippen LogP contribution in [0.5, 0.6) is 11.6 Å². The first-order valence-corrected chi connectivity index (χ1v) is 9.74. The van der Waals surface area contributed by atoms with E-state index in [2.05, 4.69) is 4.98 Å². The Labute approximate surface area is 181 Å². The highest BCUT2D eigenvalue weighted by Crippen LogP contribution is 2.60. The fourth-order valence-corrected chi connectivity index (χ4v) is 3.41. The van der Waals surface area contributed by atoms with Crippen LogP contribution in [0.25, 0.3) is 0 Å². The lowest BCUT2D eigenvalue weighted by molar-refractivity contribution is -0.147. The normalized spacial score (nSPS) is 20.6. The molecule has 1 aromatic heterocycles. The molecule has 1 saturated carbocycles. The highest BCUT2D eigenvalue weighted by atomic mass is 35.5. The molecule has 0 spiro atoms. The van der Waals surface area contributed by atoms with Crippen LogP contribution in [0.3, 0.4) is 0 Å². The quantitative estimate of drug-likeness (QED) is 0.460. The van der Waals surface area contributed by atoms with Gasteiger partial charge in [-0.25, -0.2) is 4.98 Å². The van der Waals surface area contributed by atoms with Gasteiger partial charge in [0.25, 0.3) is 0 Å². The van der Waals surface area contributed by atoms with Gasteiger partial charge in [0.05, 0.1) is 11.6 Å². The Kier molecular flexibility index (Phi) is 6.34. The third-order valence-corrected chi connectivity index (χ3v) is 5.53. The van der Waals surface area contributed by atoms with Crippen molar-refractivity contribution < 1.29 is 27.4 Å². The summed E-state index contributed by atoms with van der Waals surface area (Å²) in [6.45, 7) is 3.26. The van der Waals surface area contributed by atoms with Gasteiger partial charge in [0.1, 0.15) is 17.4 Å². The Balaban J connectivity index is 1.60. The van der Waals surface area contributed by atoms with Gasteiger partial charge in [-0.3, -0.25) is 4.79 Å². The van der Waals surface area contributed by atoms with Crippen molar-refractivity contribution in [2.75, 3.05) is 0 Å². The molecule has 0 unspecified atom stereocenters. The molecule has 0 saturated heterocycles. The number of ether oxygens (including phenoxy) is 2. The molecule has 0 aliphatic heterocycles. The second-order valence-corrected chi connectivity index (χ2v) is 8.31. The molecule has 0 amide bonds. The number of carbonyl (C=O) groups excluding carboxylic acids is 1. The molecule has 2 aromatic rings. The molecule has 1 aliphatic carbocycles. The van der Waals surface area contributed by atoms with Crippen molar-refractivity contribution in [3.05, 3.63) is 64.3 Å². The average molecular weight is 460 g/mol. The zero-order valence-corrected chi connectivity index (χ0v) is 17.6. The van der Waals surface area contributed by atoms with E-state index in [1.165, 1.54) is 0 Å². The van der Waals surface area contributed by atoms with Crippen molar-refractivity contribution in [1.29, 1.82) is 0 Å². The zero-order valence-electron chi connectivity index (χ0n) is 16.0. The highest BCUT2D eigenvalue weighted by Gasteiger charge is 2.62. The number of carbonyl (C=O) groups is 1. The van der Waals surface area contributed by atoms with Crippen molar-refractivity contribution in [3.63, 3.8) is 0 Å². The number of alkyl halides is 3. The number of esters is 1. The SMILES string of the molecule is CC1(C)[C@H](C=C(Cl)C(F)(F)F)[C@@H]1C(=O)OCc1cccc(Oc2ccc(Cl)cc2)n1. The molecule has 30 heavy (non-hydrogen) atoms. The van der Waals surface area contributed by atoms with E-state index in [0.29, 0.717) is 22.3 Å². The second-order valence-electron chi connectivity index (χ2n) is 7.47. The number of pyridine rings is 1. The molecule has 4 nitrogen and oxygen atoms in total. The largest absolute Gasteiger partial charge is 0.459 e. The topological polar surface area (TPSA) is 48.4 Å². The molecule has 3 rings (SSSR count). The van der Waals surface area contributed by atoms with Gasteiger partial charge in [-0.2, -0.15) is 13.2 Å². The van der Waals surface area contributed by atoms with Gasteiger partial charge < -0.3 is 9.47 Å². The van der Waals surface area contributed by atoms with Crippen molar-refractivity contribution in [1.82, 2.24) is 4.98 Å². The standard InChI is InChI=1S/C21H18Cl2F3NO3/c1-20(2)15(10-16(23)21(24,25)26)18(20)19(28)29-11-13-4-3-5-17(27-13)30-14-8-6-12(22)7-9-14/h3-10,15,18H,11H2,1-2H3/t15-,18-/m1/s1. The zero-order chi connectivity index (χ0) is 22.1. The smallest absolute Gasteiger partial charge is 0.426 e. The second kappa shape index (κ2) is 8.47. The predicted molar refractivity (Wildman–Crippen MR) is 106 cm³/mol. The minimum atomic E-state index is -4.64. The molecule has 1 heterocycles. The van der Waals surface area contributed by atoms with E-state index in [9.17, 15) is 18.0 Å². The van der Waals surface area contributed by atoms with Gasteiger partial charge in [-0.1, -0.05) is 49.2 Å². The van der Waals surface area contributed by atoms with Gasteiger partial charge in [-0.05, 0) is 41.7 Å². The van der Waals surface area contributed by atoms with Gasteiger partial charge in [0.2, 0.25) is 5.88 Å². The monoisotopic (exact) mass is 459 g/mol. The molecule has 1 aliphatic rings. The van der Waals surface area contributed by atoms with Crippen LogP contribution < -0.4 is 4.74 Å². The van der Waals surface area contributed by atoms with E-state index in [4.69, 9.17) is 32.7 Å². The van der Waals surface area contributed by atoms with Crippen molar-refractivity contribution in [2.45, 2.75) is 26.6 Å². The molecule has 9 heteroatoms. The van der Waals surface area contributed by atoms with E-state index in [0.717, 1.165) is 6.08 Å². The van der Waals surface area contributed by atoms with E-state index in [1.54, 1.807) is 56.3 Å². The molecular weight excluding hydrogens is 442 g/mol. The number of halogens is 5. The minimum absolute atomic E-state index is 0.132. The van der Waals surface area contributed by atoms with Crippen LogP contribution in [-0.2, 0) is 16.1 Å². The summed E-state index contributed by atoms with van der Waals surface area (Å²) in [4.78, 5) is 16.7. The molecule has 1 aromatic carbocycles. The summed E-state index contributed by atoms with van der Waals surface area (Å²) in [5, 5.41) is -0.659. The maximum absolute atomic E-state index is 12.7. The predicted octanol–water partition coefficient (Wildman–Crippen LogP) is 6.53. The van der Waals surface area contributed by atoms with Crippen LogP contribution in [0.2, 0.25) is 5.02 Å². The van der Waals surface area contributed by atoms with Crippen LogP contribution >= 0.6 is 23.2 Å². The average Bonchev–Trinajstić information content (AvgIpc) is 3.21. The van der Waals surface area contributed by atoms with E-state index in [1.807, 2.05) is 0 Å². The van der Waals surface area contributed by atoms with Crippen LogP contribution in [0.1, 0.15) is 19.5 Å². The van der Waals surface area contributed by atoms with Crippen LogP contribution in [-0.4, -0.2) is 17.1 Å².